The van der Waals surface area contributed by atoms with Crippen LogP contribution in [0.25, 0.3) is 10.2 Å². The lowest BCUT2D eigenvalue weighted by atomic mass is 10.3. The van der Waals surface area contributed by atoms with E-state index in [2.05, 4.69) is 14.5 Å². The number of rotatable bonds is 4. The van der Waals surface area contributed by atoms with Crippen LogP contribution in [0, 0.1) is 0 Å². The lowest BCUT2D eigenvalue weighted by molar-refractivity contribution is -0.137. The number of aromatic nitrogens is 1. The van der Waals surface area contributed by atoms with Gasteiger partial charge in [-0.05, 0) is 6.07 Å². The molecule has 0 saturated carbocycles. The second-order valence-electron chi connectivity index (χ2n) is 3.72. The maximum Gasteiger partial charge on any atom is 0.350 e. The fourth-order valence-electron chi connectivity index (χ4n) is 1.50. The van der Waals surface area contributed by atoms with Crippen molar-refractivity contribution in [2.24, 2.45) is 0 Å². The van der Waals surface area contributed by atoms with Crippen LogP contribution in [0.15, 0.2) is 17.2 Å². The Bertz CT molecular complexity index is 669. The van der Waals surface area contributed by atoms with Crippen LogP contribution in [-0.4, -0.2) is 36.9 Å². The maximum atomic E-state index is 11.6. The molecule has 0 aliphatic heterocycles. The van der Waals surface area contributed by atoms with Gasteiger partial charge in [0.1, 0.15) is 10.4 Å². The van der Waals surface area contributed by atoms with E-state index in [0.717, 1.165) is 9.60 Å². The van der Waals surface area contributed by atoms with E-state index in [1.54, 1.807) is 6.20 Å². The minimum atomic E-state index is -0.478. The molecule has 0 fully saturated rings. The van der Waals surface area contributed by atoms with Crippen molar-refractivity contribution < 1.29 is 19.1 Å². The van der Waals surface area contributed by atoms with Crippen LogP contribution in [0.4, 0.5) is 5.69 Å². The minimum absolute atomic E-state index is 0.203. The molecule has 2 N–H and O–H groups in total. The van der Waals surface area contributed by atoms with Gasteiger partial charge in [-0.3, -0.25) is 9.78 Å². The van der Waals surface area contributed by atoms with Crippen molar-refractivity contribution in [3.63, 3.8) is 0 Å². The van der Waals surface area contributed by atoms with Crippen LogP contribution in [0.5, 0.6) is 0 Å². The molecule has 2 heterocycles. The molecule has 20 heavy (non-hydrogen) atoms. The monoisotopic (exact) mass is 312 g/mol. The number of nitrogens with two attached hydrogens (primary N) is 1. The summed E-state index contributed by atoms with van der Waals surface area (Å²) < 4.78 is 10.0. The average Bonchev–Trinajstić information content (AvgIpc) is 2.80. The van der Waals surface area contributed by atoms with Crippen molar-refractivity contribution in [1.82, 2.24) is 4.98 Å². The third-order valence-electron chi connectivity index (χ3n) is 2.49. The predicted molar refractivity (Wildman–Crippen MR) is 78.1 cm³/mol. The van der Waals surface area contributed by atoms with E-state index >= 15 is 0 Å². The van der Waals surface area contributed by atoms with Gasteiger partial charge in [0.15, 0.2) is 0 Å². The van der Waals surface area contributed by atoms with Gasteiger partial charge in [-0.15, -0.1) is 23.1 Å². The summed E-state index contributed by atoms with van der Waals surface area (Å²) in [6.45, 7) is 0. The highest BCUT2D eigenvalue weighted by Crippen LogP contribution is 2.34. The molecule has 0 saturated heterocycles. The molecule has 0 aromatic carbocycles. The van der Waals surface area contributed by atoms with Gasteiger partial charge in [-0.25, -0.2) is 4.79 Å². The highest BCUT2D eigenvalue weighted by atomic mass is 32.2. The third-order valence-corrected chi connectivity index (χ3v) is 4.55. The van der Waals surface area contributed by atoms with Crippen LogP contribution in [-0.2, 0) is 14.3 Å². The first kappa shape index (κ1) is 14.6. The summed E-state index contributed by atoms with van der Waals surface area (Å²) in [7, 11) is 2.64. The fourth-order valence-corrected chi connectivity index (χ4v) is 3.35. The van der Waals surface area contributed by atoms with E-state index in [-0.39, 0.29) is 11.7 Å². The van der Waals surface area contributed by atoms with Crippen molar-refractivity contribution in [3.8, 4) is 0 Å². The fraction of sp³-hybridized carbons (Fsp3) is 0.250. The number of carbonyl (C=O) groups is 2. The van der Waals surface area contributed by atoms with Crippen LogP contribution in [0.2, 0.25) is 0 Å². The van der Waals surface area contributed by atoms with E-state index < -0.39 is 5.97 Å². The van der Waals surface area contributed by atoms with E-state index in [1.807, 2.05) is 6.07 Å². The molecule has 8 heteroatoms. The quantitative estimate of drug-likeness (QED) is 0.681. The third kappa shape index (κ3) is 2.86. The van der Waals surface area contributed by atoms with Crippen LogP contribution < -0.4 is 5.73 Å². The summed E-state index contributed by atoms with van der Waals surface area (Å²) in [6.07, 6.45) is 1.61. The highest BCUT2D eigenvalue weighted by molar-refractivity contribution is 8.00. The number of nitrogen functional groups attached to an aromatic ring is 1. The zero-order valence-corrected chi connectivity index (χ0v) is 12.5. The molecule has 2 aromatic rings. The van der Waals surface area contributed by atoms with Crippen molar-refractivity contribution in [2.75, 3.05) is 25.7 Å². The molecule has 0 unspecified atom stereocenters. The Morgan fingerprint density at radius 3 is 2.80 bits per heavy atom. The number of thiophene rings is 1. The molecular weight excluding hydrogens is 300 g/mol. The molecule has 0 aliphatic rings. The van der Waals surface area contributed by atoms with Crippen molar-refractivity contribution >= 4 is 50.9 Å². The Morgan fingerprint density at radius 2 is 2.15 bits per heavy atom. The van der Waals surface area contributed by atoms with Gasteiger partial charge in [0.05, 0.1) is 30.4 Å². The van der Waals surface area contributed by atoms with Gasteiger partial charge in [-0.2, -0.15) is 0 Å². The average molecular weight is 312 g/mol. The largest absolute Gasteiger partial charge is 0.468 e. The van der Waals surface area contributed by atoms with Crippen LogP contribution in [0.3, 0.4) is 0 Å². The van der Waals surface area contributed by atoms with Gasteiger partial charge in [-0.1, -0.05) is 0 Å². The van der Waals surface area contributed by atoms with Gasteiger partial charge in [0.2, 0.25) is 0 Å². The lowest BCUT2D eigenvalue weighted by Crippen LogP contribution is -2.02. The van der Waals surface area contributed by atoms with Gasteiger partial charge < -0.3 is 15.2 Å². The van der Waals surface area contributed by atoms with E-state index in [1.165, 1.54) is 37.3 Å². The summed E-state index contributed by atoms with van der Waals surface area (Å²) in [5.74, 6) is -0.584. The Morgan fingerprint density at radius 1 is 1.40 bits per heavy atom. The number of fused-ring (bicyclic) bond motifs is 1. The maximum absolute atomic E-state index is 11.6. The molecule has 106 valence electrons. The standard InChI is InChI=1S/C12H12N2O4S2/c1-17-8(15)5-19-6-3-7-10(14-4-6)9(13)11(20-7)12(16)18-2/h3-4H,5,13H2,1-2H3. The molecule has 0 atom stereocenters. The first-order valence-corrected chi connectivity index (χ1v) is 7.33. The van der Waals surface area contributed by atoms with Gasteiger partial charge in [0, 0.05) is 11.1 Å². The number of thioether (sulfide) groups is 1. The van der Waals surface area contributed by atoms with Gasteiger partial charge >= 0.3 is 11.9 Å². The second kappa shape index (κ2) is 6.10. The number of carbonyl (C=O) groups excluding carboxylic acids is 2. The number of ether oxygens (including phenoxy) is 2. The highest BCUT2D eigenvalue weighted by Gasteiger charge is 2.18. The van der Waals surface area contributed by atoms with Crippen molar-refractivity contribution in [2.45, 2.75) is 4.90 Å². The molecule has 2 aromatic heterocycles. The summed E-state index contributed by atoms with van der Waals surface area (Å²) in [6, 6.07) is 1.84. The summed E-state index contributed by atoms with van der Waals surface area (Å²) in [4.78, 5) is 28.0. The molecule has 0 spiro atoms. The number of hydrogen-bond acceptors (Lipinski definition) is 8. The van der Waals surface area contributed by atoms with Gasteiger partial charge in [0.25, 0.3) is 0 Å². The Labute approximate surface area is 123 Å². The Balaban J connectivity index is 2.30. The Hall–Kier alpha value is -1.80. The second-order valence-corrected chi connectivity index (χ2v) is 5.82. The van der Waals surface area contributed by atoms with Crippen LogP contribution >= 0.6 is 23.1 Å². The number of methoxy groups -OCH3 is 2. The first-order chi connectivity index (χ1) is 9.56. The molecule has 0 aliphatic carbocycles. The summed E-state index contributed by atoms with van der Waals surface area (Å²) >= 11 is 2.53. The molecular formula is C12H12N2O4S2. The molecule has 2 rings (SSSR count). The number of esters is 2. The molecule has 0 amide bonds. The predicted octanol–water partition coefficient (Wildman–Crippen LogP) is 1.93. The molecule has 0 radical (unpaired) electrons. The number of nitrogens with zero attached hydrogens (tertiary/aromatic N) is 1. The number of hydrogen-bond donors (Lipinski definition) is 1. The lowest BCUT2D eigenvalue weighted by Gasteiger charge is -2.00. The van der Waals surface area contributed by atoms with Crippen LogP contribution in [0.1, 0.15) is 9.67 Å². The normalized spacial score (nSPS) is 10.5. The zero-order valence-electron chi connectivity index (χ0n) is 10.8. The van der Waals surface area contributed by atoms with E-state index in [9.17, 15) is 9.59 Å². The van der Waals surface area contributed by atoms with E-state index in [4.69, 9.17) is 5.73 Å². The number of anilines is 1. The zero-order chi connectivity index (χ0) is 14.7. The topological polar surface area (TPSA) is 91.5 Å². The van der Waals surface area contributed by atoms with E-state index in [0.29, 0.717) is 16.1 Å². The minimum Gasteiger partial charge on any atom is -0.468 e. The molecule has 6 nitrogen and oxygen atoms in total. The molecule has 0 bridgehead atoms. The Kier molecular flexibility index (Phi) is 4.46. The summed E-state index contributed by atoms with van der Waals surface area (Å²) in [5.41, 5.74) is 6.76. The summed E-state index contributed by atoms with van der Waals surface area (Å²) in [5, 5.41) is 0. The van der Waals surface area contributed by atoms with Crippen molar-refractivity contribution in [1.29, 1.82) is 0 Å². The number of pyridine rings is 1. The van der Waals surface area contributed by atoms with Crippen molar-refractivity contribution in [3.05, 3.63) is 17.1 Å². The smallest absolute Gasteiger partial charge is 0.350 e. The first-order valence-electron chi connectivity index (χ1n) is 5.52. The SMILES string of the molecule is COC(=O)CSc1cnc2c(N)c(C(=O)OC)sc2c1.